The maximum Gasteiger partial charge on any atom is 0.227 e. The molecule has 21 heavy (non-hydrogen) atoms. The van der Waals surface area contributed by atoms with Gasteiger partial charge in [-0.15, -0.1) is 0 Å². The van der Waals surface area contributed by atoms with Crippen molar-refractivity contribution < 1.29 is 4.79 Å². The monoisotopic (exact) mass is 286 g/mol. The van der Waals surface area contributed by atoms with Crippen LogP contribution in [0, 0.1) is 5.92 Å². The molecule has 0 radical (unpaired) electrons. The molecule has 2 N–H and O–H groups in total. The SMILES string of the molecule is NCc1ccc(CC(=O)N2CCCC3CCCCC32)cc1. The van der Waals surface area contributed by atoms with Crippen molar-refractivity contribution in [3.05, 3.63) is 35.4 Å². The smallest absolute Gasteiger partial charge is 0.227 e. The van der Waals surface area contributed by atoms with Crippen LogP contribution in [-0.2, 0) is 17.8 Å². The first-order valence-corrected chi connectivity index (χ1v) is 8.35. The molecule has 1 saturated carbocycles. The minimum Gasteiger partial charge on any atom is -0.339 e. The lowest BCUT2D eigenvalue weighted by Gasteiger charge is -2.44. The Kier molecular flexibility index (Phi) is 4.59. The van der Waals surface area contributed by atoms with E-state index in [4.69, 9.17) is 5.73 Å². The highest BCUT2D eigenvalue weighted by Crippen LogP contribution is 2.35. The van der Waals surface area contributed by atoms with Crippen molar-refractivity contribution in [2.45, 2.75) is 57.5 Å². The first-order valence-electron chi connectivity index (χ1n) is 8.35. The summed E-state index contributed by atoms with van der Waals surface area (Å²) in [5.74, 6) is 1.07. The number of piperidine rings is 1. The quantitative estimate of drug-likeness (QED) is 0.928. The summed E-state index contributed by atoms with van der Waals surface area (Å²) in [6, 6.07) is 8.67. The van der Waals surface area contributed by atoms with Gasteiger partial charge in [0.2, 0.25) is 5.91 Å². The van der Waals surface area contributed by atoms with Crippen LogP contribution >= 0.6 is 0 Å². The van der Waals surface area contributed by atoms with E-state index >= 15 is 0 Å². The number of rotatable bonds is 3. The summed E-state index contributed by atoms with van der Waals surface area (Å²) in [7, 11) is 0. The first-order chi connectivity index (χ1) is 10.3. The summed E-state index contributed by atoms with van der Waals surface area (Å²) in [6.45, 7) is 1.52. The Hall–Kier alpha value is -1.35. The highest BCUT2D eigenvalue weighted by atomic mass is 16.2. The summed E-state index contributed by atoms with van der Waals surface area (Å²) in [6.07, 6.45) is 8.20. The fourth-order valence-electron chi connectivity index (χ4n) is 4.00. The summed E-state index contributed by atoms with van der Waals surface area (Å²) in [5, 5.41) is 0. The largest absolute Gasteiger partial charge is 0.339 e. The van der Waals surface area contributed by atoms with Gasteiger partial charge in [-0.2, -0.15) is 0 Å². The topological polar surface area (TPSA) is 46.3 Å². The van der Waals surface area contributed by atoms with Gasteiger partial charge >= 0.3 is 0 Å². The van der Waals surface area contributed by atoms with E-state index in [1.54, 1.807) is 0 Å². The van der Waals surface area contributed by atoms with Crippen molar-refractivity contribution in [3.63, 3.8) is 0 Å². The summed E-state index contributed by atoms with van der Waals surface area (Å²) < 4.78 is 0. The van der Waals surface area contributed by atoms with Crippen molar-refractivity contribution in [3.8, 4) is 0 Å². The number of likely N-dealkylation sites (tertiary alicyclic amines) is 1. The van der Waals surface area contributed by atoms with Crippen LogP contribution in [0.5, 0.6) is 0 Å². The Morgan fingerprint density at radius 1 is 1.05 bits per heavy atom. The number of hydrogen-bond donors (Lipinski definition) is 1. The van der Waals surface area contributed by atoms with Crippen LogP contribution in [0.25, 0.3) is 0 Å². The number of benzene rings is 1. The van der Waals surface area contributed by atoms with Gasteiger partial charge in [0, 0.05) is 19.1 Å². The van der Waals surface area contributed by atoms with Crippen molar-refractivity contribution in [1.29, 1.82) is 0 Å². The van der Waals surface area contributed by atoms with Crippen LogP contribution in [0.1, 0.15) is 49.7 Å². The molecule has 1 heterocycles. The molecule has 1 amide bonds. The molecule has 1 aliphatic carbocycles. The molecular formula is C18H26N2O. The van der Waals surface area contributed by atoms with E-state index in [1.807, 2.05) is 24.3 Å². The highest BCUT2D eigenvalue weighted by molar-refractivity contribution is 5.79. The summed E-state index contributed by atoms with van der Waals surface area (Å²) in [5.41, 5.74) is 7.84. The molecule has 3 heteroatoms. The minimum absolute atomic E-state index is 0.312. The van der Waals surface area contributed by atoms with E-state index in [0.29, 0.717) is 24.9 Å². The predicted molar refractivity (Wildman–Crippen MR) is 84.7 cm³/mol. The number of carbonyl (C=O) groups excluding carboxylic acids is 1. The molecule has 2 unspecified atom stereocenters. The number of nitrogens with zero attached hydrogens (tertiary/aromatic N) is 1. The average Bonchev–Trinajstić information content (AvgIpc) is 2.55. The lowest BCUT2D eigenvalue weighted by molar-refractivity contribution is -0.136. The second kappa shape index (κ2) is 6.61. The molecule has 0 aromatic heterocycles. The molecule has 0 spiro atoms. The van der Waals surface area contributed by atoms with Gasteiger partial charge in [-0.1, -0.05) is 37.1 Å². The standard InChI is InChI=1S/C18H26N2O/c19-13-15-9-7-14(8-10-15)12-18(21)20-11-3-5-16-4-1-2-6-17(16)20/h7-10,16-17H,1-6,11-13,19H2. The van der Waals surface area contributed by atoms with Crippen LogP contribution in [0.2, 0.25) is 0 Å². The maximum atomic E-state index is 12.7. The molecule has 1 aromatic rings. The maximum absolute atomic E-state index is 12.7. The van der Waals surface area contributed by atoms with Gasteiger partial charge in [0.25, 0.3) is 0 Å². The predicted octanol–water partition coefficient (Wildman–Crippen LogP) is 2.87. The van der Waals surface area contributed by atoms with Gasteiger partial charge < -0.3 is 10.6 Å². The number of amides is 1. The first kappa shape index (κ1) is 14.6. The van der Waals surface area contributed by atoms with Gasteiger partial charge in [-0.25, -0.2) is 0 Å². The van der Waals surface area contributed by atoms with Crippen LogP contribution in [0.4, 0.5) is 0 Å². The number of hydrogen-bond acceptors (Lipinski definition) is 2. The van der Waals surface area contributed by atoms with E-state index in [2.05, 4.69) is 4.90 Å². The Bertz CT molecular complexity index is 480. The van der Waals surface area contributed by atoms with Crippen LogP contribution in [-0.4, -0.2) is 23.4 Å². The molecule has 1 saturated heterocycles. The van der Waals surface area contributed by atoms with Gasteiger partial charge in [-0.3, -0.25) is 4.79 Å². The Balaban J connectivity index is 1.65. The van der Waals surface area contributed by atoms with Gasteiger partial charge in [0.1, 0.15) is 0 Å². The van der Waals surface area contributed by atoms with E-state index in [0.717, 1.165) is 23.6 Å². The van der Waals surface area contributed by atoms with Gasteiger partial charge in [0.05, 0.1) is 6.42 Å². The lowest BCUT2D eigenvalue weighted by Crippen LogP contribution is -2.50. The Labute approximate surface area is 127 Å². The van der Waals surface area contributed by atoms with Gasteiger partial charge in [0.15, 0.2) is 0 Å². The third-order valence-electron chi connectivity index (χ3n) is 5.18. The molecule has 2 fully saturated rings. The van der Waals surface area contributed by atoms with E-state index in [1.165, 1.54) is 38.5 Å². The van der Waals surface area contributed by atoms with E-state index in [9.17, 15) is 4.79 Å². The summed E-state index contributed by atoms with van der Waals surface area (Å²) in [4.78, 5) is 14.9. The van der Waals surface area contributed by atoms with Crippen molar-refractivity contribution >= 4 is 5.91 Å². The van der Waals surface area contributed by atoms with Crippen LogP contribution in [0.15, 0.2) is 24.3 Å². The fraction of sp³-hybridized carbons (Fsp3) is 0.611. The van der Waals surface area contributed by atoms with Crippen molar-refractivity contribution in [1.82, 2.24) is 4.90 Å². The highest BCUT2D eigenvalue weighted by Gasteiger charge is 2.35. The third-order valence-corrected chi connectivity index (χ3v) is 5.18. The second-order valence-electron chi connectivity index (χ2n) is 6.54. The molecule has 1 aliphatic heterocycles. The molecule has 1 aromatic carbocycles. The molecule has 3 rings (SSSR count). The summed E-state index contributed by atoms with van der Waals surface area (Å²) >= 11 is 0. The molecule has 114 valence electrons. The average molecular weight is 286 g/mol. The normalized spacial score (nSPS) is 25.5. The second-order valence-corrected chi connectivity index (χ2v) is 6.54. The van der Waals surface area contributed by atoms with Crippen LogP contribution in [0.3, 0.4) is 0 Å². The molecule has 0 bridgehead atoms. The molecule has 2 atom stereocenters. The zero-order valence-corrected chi connectivity index (χ0v) is 12.8. The van der Waals surface area contributed by atoms with Gasteiger partial charge in [-0.05, 0) is 42.7 Å². The van der Waals surface area contributed by atoms with E-state index < -0.39 is 0 Å². The molecular weight excluding hydrogens is 260 g/mol. The number of carbonyl (C=O) groups is 1. The fourth-order valence-corrected chi connectivity index (χ4v) is 4.00. The van der Waals surface area contributed by atoms with E-state index in [-0.39, 0.29) is 0 Å². The Morgan fingerprint density at radius 2 is 1.71 bits per heavy atom. The van der Waals surface area contributed by atoms with Crippen molar-refractivity contribution in [2.75, 3.05) is 6.54 Å². The van der Waals surface area contributed by atoms with Crippen molar-refractivity contribution in [2.24, 2.45) is 11.7 Å². The molecule has 3 nitrogen and oxygen atoms in total. The number of nitrogens with two attached hydrogens (primary N) is 1. The Morgan fingerprint density at radius 3 is 2.48 bits per heavy atom. The molecule has 2 aliphatic rings. The van der Waals surface area contributed by atoms with Crippen LogP contribution < -0.4 is 5.73 Å². The minimum atomic E-state index is 0.312. The zero-order chi connectivity index (χ0) is 14.7. The third kappa shape index (κ3) is 3.29. The number of fused-ring (bicyclic) bond motifs is 1. The zero-order valence-electron chi connectivity index (χ0n) is 12.8. The lowest BCUT2D eigenvalue weighted by atomic mass is 9.78.